The van der Waals surface area contributed by atoms with E-state index in [-0.39, 0.29) is 12.6 Å². The maximum absolute atomic E-state index is 12.4. The van der Waals surface area contributed by atoms with Crippen molar-refractivity contribution in [3.05, 3.63) is 41.8 Å². The largest absolute Gasteiger partial charge is 0.339 e. The van der Waals surface area contributed by atoms with E-state index in [1.807, 2.05) is 12.1 Å². The number of hydrogen-bond donors (Lipinski definition) is 1. The Balaban J connectivity index is 1.34. The molecule has 0 bridgehead atoms. The number of carbonyl (C=O) groups excluding carboxylic acids is 1. The SMILES string of the molecule is Cc1noc(-c2ccc(NC(=O)N(C)Cc3noc(C4CCC4)n3)cc2)n1. The first-order valence-electron chi connectivity index (χ1n) is 8.84. The second kappa shape index (κ2) is 7.18. The molecular formula is C18H20N6O3. The van der Waals surface area contributed by atoms with Crippen LogP contribution in [-0.2, 0) is 6.54 Å². The normalized spacial score (nSPS) is 14.0. The third kappa shape index (κ3) is 3.81. The van der Waals surface area contributed by atoms with E-state index in [1.165, 1.54) is 11.3 Å². The van der Waals surface area contributed by atoms with Gasteiger partial charge in [-0.05, 0) is 44.0 Å². The van der Waals surface area contributed by atoms with Gasteiger partial charge >= 0.3 is 6.03 Å². The van der Waals surface area contributed by atoms with Crippen molar-refractivity contribution in [1.29, 1.82) is 0 Å². The van der Waals surface area contributed by atoms with Gasteiger partial charge in [0.2, 0.25) is 5.89 Å². The lowest BCUT2D eigenvalue weighted by atomic mass is 9.85. The summed E-state index contributed by atoms with van der Waals surface area (Å²) in [6.07, 6.45) is 3.39. The van der Waals surface area contributed by atoms with E-state index in [0.29, 0.717) is 35.0 Å². The molecule has 1 fully saturated rings. The first kappa shape index (κ1) is 17.2. The topological polar surface area (TPSA) is 110 Å². The van der Waals surface area contributed by atoms with Crippen LogP contribution in [0.25, 0.3) is 11.5 Å². The van der Waals surface area contributed by atoms with Crippen molar-refractivity contribution in [2.75, 3.05) is 12.4 Å². The first-order chi connectivity index (χ1) is 13.1. The van der Waals surface area contributed by atoms with E-state index in [9.17, 15) is 4.79 Å². The zero-order valence-electron chi connectivity index (χ0n) is 15.2. The fraction of sp³-hybridized carbons (Fsp3) is 0.389. The first-order valence-corrected chi connectivity index (χ1v) is 8.84. The summed E-state index contributed by atoms with van der Waals surface area (Å²) in [6.45, 7) is 2.04. The van der Waals surface area contributed by atoms with Crippen molar-refractivity contribution in [3.63, 3.8) is 0 Å². The summed E-state index contributed by atoms with van der Waals surface area (Å²) >= 11 is 0. The molecule has 4 rings (SSSR count). The summed E-state index contributed by atoms with van der Waals surface area (Å²) < 4.78 is 10.4. The average molecular weight is 368 g/mol. The van der Waals surface area contributed by atoms with Gasteiger partial charge in [0.1, 0.15) is 0 Å². The molecule has 0 aliphatic heterocycles. The van der Waals surface area contributed by atoms with Crippen molar-refractivity contribution in [2.45, 2.75) is 38.6 Å². The molecule has 0 saturated heterocycles. The fourth-order valence-corrected chi connectivity index (χ4v) is 2.77. The van der Waals surface area contributed by atoms with Gasteiger partial charge in [-0.3, -0.25) is 0 Å². The highest BCUT2D eigenvalue weighted by Crippen LogP contribution is 2.35. The summed E-state index contributed by atoms with van der Waals surface area (Å²) in [5, 5.41) is 10.6. The monoisotopic (exact) mass is 368 g/mol. The highest BCUT2D eigenvalue weighted by molar-refractivity contribution is 5.89. The number of nitrogens with one attached hydrogen (secondary N) is 1. The van der Waals surface area contributed by atoms with Crippen molar-refractivity contribution >= 4 is 11.7 Å². The molecule has 1 aliphatic rings. The highest BCUT2D eigenvalue weighted by atomic mass is 16.5. The van der Waals surface area contributed by atoms with E-state index in [1.54, 1.807) is 26.1 Å². The molecule has 0 atom stereocenters. The van der Waals surface area contributed by atoms with Crippen LogP contribution in [0.15, 0.2) is 33.3 Å². The molecule has 140 valence electrons. The maximum atomic E-state index is 12.4. The molecule has 9 heteroatoms. The number of hydrogen-bond acceptors (Lipinski definition) is 7. The molecule has 27 heavy (non-hydrogen) atoms. The highest BCUT2D eigenvalue weighted by Gasteiger charge is 2.25. The molecule has 9 nitrogen and oxygen atoms in total. The number of rotatable bonds is 5. The molecule has 0 unspecified atom stereocenters. The average Bonchev–Trinajstić information content (AvgIpc) is 3.23. The predicted molar refractivity (Wildman–Crippen MR) is 95.8 cm³/mol. The van der Waals surface area contributed by atoms with Crippen LogP contribution in [-0.4, -0.2) is 38.3 Å². The lowest BCUT2D eigenvalue weighted by molar-refractivity contribution is 0.219. The van der Waals surface area contributed by atoms with E-state index in [0.717, 1.165) is 18.4 Å². The molecule has 1 aliphatic carbocycles. The molecule has 0 spiro atoms. The standard InChI is InChI=1S/C18H20N6O3/c1-11-19-16(26-22-11)13-6-8-14(9-7-13)20-18(25)24(2)10-15-21-17(27-23-15)12-4-3-5-12/h6-9,12H,3-5,10H2,1-2H3,(H,20,25). The van der Waals surface area contributed by atoms with Crippen LogP contribution in [0, 0.1) is 6.92 Å². The lowest BCUT2D eigenvalue weighted by Gasteiger charge is -2.20. The zero-order valence-corrected chi connectivity index (χ0v) is 15.2. The summed E-state index contributed by atoms with van der Waals surface area (Å²) in [5.74, 6) is 2.59. The Morgan fingerprint density at radius 2 is 1.96 bits per heavy atom. The third-order valence-corrected chi connectivity index (χ3v) is 4.57. The van der Waals surface area contributed by atoms with Gasteiger partial charge in [0.15, 0.2) is 11.6 Å². The van der Waals surface area contributed by atoms with Crippen LogP contribution < -0.4 is 5.32 Å². The number of amides is 2. The predicted octanol–water partition coefficient (Wildman–Crippen LogP) is 3.36. The Hall–Kier alpha value is -3.23. The summed E-state index contributed by atoms with van der Waals surface area (Å²) in [6, 6.07) is 6.93. The number of nitrogens with zero attached hydrogens (tertiary/aromatic N) is 5. The summed E-state index contributed by atoms with van der Waals surface area (Å²) in [4.78, 5) is 22.4. The van der Waals surface area contributed by atoms with Gasteiger partial charge < -0.3 is 19.3 Å². The third-order valence-electron chi connectivity index (χ3n) is 4.57. The number of benzene rings is 1. The van der Waals surface area contributed by atoms with E-state index in [4.69, 9.17) is 9.05 Å². The molecule has 1 saturated carbocycles. The number of carbonyl (C=O) groups is 1. The number of anilines is 1. The molecule has 0 radical (unpaired) electrons. The summed E-state index contributed by atoms with van der Waals surface area (Å²) in [7, 11) is 1.68. The van der Waals surface area contributed by atoms with Gasteiger partial charge in [-0.1, -0.05) is 16.7 Å². The Morgan fingerprint density at radius 1 is 1.19 bits per heavy atom. The van der Waals surface area contributed by atoms with Crippen molar-refractivity contribution < 1.29 is 13.8 Å². The summed E-state index contributed by atoms with van der Waals surface area (Å²) in [5.41, 5.74) is 1.45. The smallest absolute Gasteiger partial charge is 0.321 e. The van der Waals surface area contributed by atoms with Gasteiger partial charge in [-0.15, -0.1) is 0 Å². The van der Waals surface area contributed by atoms with E-state index >= 15 is 0 Å². The van der Waals surface area contributed by atoms with Crippen molar-refractivity contribution in [1.82, 2.24) is 25.2 Å². The quantitative estimate of drug-likeness (QED) is 0.735. The van der Waals surface area contributed by atoms with Crippen LogP contribution in [0.1, 0.15) is 42.7 Å². The molecule has 3 aromatic rings. The van der Waals surface area contributed by atoms with Crippen LogP contribution in [0.3, 0.4) is 0 Å². The Kier molecular flexibility index (Phi) is 4.57. The molecular weight excluding hydrogens is 348 g/mol. The maximum Gasteiger partial charge on any atom is 0.321 e. The van der Waals surface area contributed by atoms with Crippen molar-refractivity contribution in [2.24, 2.45) is 0 Å². The Labute approximate surface area is 155 Å². The van der Waals surface area contributed by atoms with Crippen molar-refractivity contribution in [3.8, 4) is 11.5 Å². The Morgan fingerprint density at radius 3 is 2.59 bits per heavy atom. The fourth-order valence-electron chi connectivity index (χ4n) is 2.77. The zero-order chi connectivity index (χ0) is 18.8. The van der Waals surface area contributed by atoms with Crippen LogP contribution in [0.4, 0.5) is 10.5 Å². The van der Waals surface area contributed by atoms with Gasteiger partial charge in [0, 0.05) is 24.2 Å². The molecule has 1 aromatic carbocycles. The Bertz CT molecular complexity index is 929. The van der Waals surface area contributed by atoms with Gasteiger partial charge in [0.25, 0.3) is 5.89 Å². The second-order valence-corrected chi connectivity index (χ2v) is 6.69. The van der Waals surface area contributed by atoms with E-state index in [2.05, 4.69) is 25.6 Å². The molecule has 2 heterocycles. The van der Waals surface area contributed by atoms with Gasteiger partial charge in [-0.2, -0.15) is 9.97 Å². The second-order valence-electron chi connectivity index (χ2n) is 6.69. The van der Waals surface area contributed by atoms with Crippen LogP contribution in [0.5, 0.6) is 0 Å². The number of urea groups is 1. The van der Waals surface area contributed by atoms with E-state index < -0.39 is 0 Å². The van der Waals surface area contributed by atoms with Gasteiger partial charge in [0.05, 0.1) is 6.54 Å². The van der Waals surface area contributed by atoms with Crippen LogP contribution >= 0.6 is 0 Å². The van der Waals surface area contributed by atoms with Gasteiger partial charge in [-0.25, -0.2) is 4.79 Å². The molecule has 2 aromatic heterocycles. The lowest BCUT2D eigenvalue weighted by Crippen LogP contribution is -2.31. The minimum Gasteiger partial charge on any atom is -0.339 e. The molecule has 1 N–H and O–H groups in total. The number of aryl methyl sites for hydroxylation is 1. The number of aromatic nitrogens is 4. The minimum absolute atomic E-state index is 0.258. The van der Waals surface area contributed by atoms with Crippen LogP contribution in [0.2, 0.25) is 0 Å². The minimum atomic E-state index is -0.258. The molecule has 2 amide bonds.